The molecule has 3 nitrogen and oxygen atoms in total. The Balaban J connectivity index is 1.92. The molecule has 0 N–H and O–H groups in total. The minimum Gasteiger partial charge on any atom is -0.294 e. The molecule has 0 saturated carbocycles. The molecule has 104 valence electrons. The van der Waals surface area contributed by atoms with Crippen LogP contribution < -0.4 is 0 Å². The number of hydrogen-bond acceptors (Lipinski definition) is 3. The molecule has 1 aliphatic carbocycles. The summed E-state index contributed by atoms with van der Waals surface area (Å²) in [6.07, 6.45) is 4.96. The van der Waals surface area contributed by atoms with Gasteiger partial charge in [0.1, 0.15) is 5.69 Å². The fourth-order valence-electron chi connectivity index (χ4n) is 2.53. The van der Waals surface area contributed by atoms with E-state index in [-0.39, 0.29) is 5.78 Å². The summed E-state index contributed by atoms with van der Waals surface area (Å²) in [4.78, 5) is 20.7. The van der Waals surface area contributed by atoms with E-state index < -0.39 is 0 Å². The van der Waals surface area contributed by atoms with Crippen molar-refractivity contribution in [2.24, 2.45) is 5.92 Å². The number of ketones is 1. The molecular weight excluding hydrogens is 260 g/mol. The van der Waals surface area contributed by atoms with Crippen molar-refractivity contribution in [3.8, 4) is 11.8 Å². The molecule has 1 unspecified atom stereocenters. The highest BCUT2D eigenvalue weighted by atomic mass is 16.1. The topological polar surface area (TPSA) is 42.9 Å². The quantitative estimate of drug-likeness (QED) is 0.695. The lowest BCUT2D eigenvalue weighted by Gasteiger charge is -2.19. The fraction of sp³-hybridized carbons (Fsp3) is 0.278. The Bertz CT molecular complexity index is 768. The maximum Gasteiger partial charge on any atom is 0.165 e. The molecule has 0 fully saturated rings. The van der Waals surface area contributed by atoms with Crippen molar-refractivity contribution in [2.45, 2.75) is 26.7 Å². The van der Waals surface area contributed by atoms with Crippen molar-refractivity contribution < 1.29 is 4.79 Å². The first kappa shape index (κ1) is 13.5. The summed E-state index contributed by atoms with van der Waals surface area (Å²) in [7, 11) is 0. The molecule has 1 aliphatic rings. The third-order valence-electron chi connectivity index (χ3n) is 3.60. The third kappa shape index (κ3) is 3.00. The molecule has 0 radical (unpaired) electrons. The highest BCUT2D eigenvalue weighted by Crippen LogP contribution is 2.24. The monoisotopic (exact) mass is 276 g/mol. The predicted molar refractivity (Wildman–Crippen MR) is 81.0 cm³/mol. The van der Waals surface area contributed by atoms with Gasteiger partial charge in [-0.15, -0.1) is 0 Å². The number of carbonyl (C=O) groups is 1. The number of aryl methyl sites for hydroxylation is 1. The van der Waals surface area contributed by atoms with Crippen LogP contribution in [-0.2, 0) is 6.42 Å². The second kappa shape index (κ2) is 5.49. The van der Waals surface area contributed by atoms with E-state index in [2.05, 4.69) is 28.7 Å². The van der Waals surface area contributed by atoms with Crippen LogP contribution in [0.15, 0.2) is 30.6 Å². The number of pyridine rings is 2. The molecule has 0 amide bonds. The Kier molecular flexibility index (Phi) is 3.53. The molecule has 0 spiro atoms. The van der Waals surface area contributed by atoms with Crippen molar-refractivity contribution in [2.75, 3.05) is 0 Å². The molecule has 2 aromatic heterocycles. The van der Waals surface area contributed by atoms with Gasteiger partial charge in [-0.3, -0.25) is 9.78 Å². The molecule has 3 rings (SSSR count). The van der Waals surface area contributed by atoms with E-state index in [0.29, 0.717) is 12.3 Å². The molecule has 21 heavy (non-hydrogen) atoms. The summed E-state index contributed by atoms with van der Waals surface area (Å²) < 4.78 is 0. The molecule has 3 heteroatoms. The zero-order chi connectivity index (χ0) is 14.8. The van der Waals surface area contributed by atoms with Gasteiger partial charge < -0.3 is 0 Å². The van der Waals surface area contributed by atoms with Gasteiger partial charge >= 0.3 is 0 Å². The van der Waals surface area contributed by atoms with Crippen LogP contribution in [-0.4, -0.2) is 15.8 Å². The highest BCUT2D eigenvalue weighted by Gasteiger charge is 2.23. The zero-order valence-electron chi connectivity index (χ0n) is 12.2. The first-order valence-corrected chi connectivity index (χ1v) is 7.08. The average molecular weight is 276 g/mol. The van der Waals surface area contributed by atoms with Gasteiger partial charge in [0.25, 0.3) is 0 Å². The predicted octanol–water partition coefficient (Wildman–Crippen LogP) is 2.95. The van der Waals surface area contributed by atoms with Gasteiger partial charge in [-0.05, 0) is 48.9 Å². The van der Waals surface area contributed by atoms with Crippen LogP contribution in [0.1, 0.15) is 46.2 Å². The van der Waals surface area contributed by atoms with E-state index in [1.165, 1.54) is 0 Å². The van der Waals surface area contributed by atoms with E-state index in [1.807, 2.05) is 25.1 Å². The number of Topliss-reactive ketones (excluding diaryl/α,β-unsaturated/α-hetero) is 1. The van der Waals surface area contributed by atoms with Crippen molar-refractivity contribution in [1.82, 2.24) is 9.97 Å². The van der Waals surface area contributed by atoms with Crippen LogP contribution in [0, 0.1) is 24.7 Å². The van der Waals surface area contributed by atoms with E-state index >= 15 is 0 Å². The Labute approximate surface area is 124 Å². The van der Waals surface area contributed by atoms with Gasteiger partial charge in [0.2, 0.25) is 0 Å². The number of rotatable bonds is 0. The number of fused-ring (bicyclic) bond motifs is 1. The van der Waals surface area contributed by atoms with E-state index in [9.17, 15) is 4.79 Å². The smallest absolute Gasteiger partial charge is 0.165 e. The first-order valence-electron chi connectivity index (χ1n) is 7.08. The van der Waals surface area contributed by atoms with Crippen LogP contribution in [0.3, 0.4) is 0 Å². The van der Waals surface area contributed by atoms with Gasteiger partial charge in [-0.2, -0.15) is 0 Å². The molecule has 0 saturated heterocycles. The Morgan fingerprint density at radius 1 is 1.19 bits per heavy atom. The van der Waals surface area contributed by atoms with Crippen molar-refractivity contribution in [3.05, 3.63) is 58.7 Å². The average Bonchev–Trinajstić information content (AvgIpc) is 2.45. The van der Waals surface area contributed by atoms with E-state index in [0.717, 1.165) is 34.5 Å². The number of aromatic nitrogens is 2. The molecular formula is C18H16N2O. The lowest BCUT2D eigenvalue weighted by atomic mass is 9.87. The Hall–Kier alpha value is -2.47. The molecule has 1 atom stereocenters. The second-order valence-electron chi connectivity index (χ2n) is 5.62. The van der Waals surface area contributed by atoms with Crippen molar-refractivity contribution >= 4 is 5.78 Å². The molecule has 2 aromatic rings. The minimum atomic E-state index is 0.175. The van der Waals surface area contributed by atoms with Crippen molar-refractivity contribution in [3.63, 3.8) is 0 Å². The molecule has 0 bridgehead atoms. The summed E-state index contributed by atoms with van der Waals surface area (Å²) >= 11 is 0. The Morgan fingerprint density at radius 3 is 2.86 bits per heavy atom. The summed E-state index contributed by atoms with van der Waals surface area (Å²) in [6, 6.07) is 5.73. The van der Waals surface area contributed by atoms with Gasteiger partial charge in [0, 0.05) is 29.9 Å². The van der Waals surface area contributed by atoms with Crippen LogP contribution in [0.4, 0.5) is 0 Å². The third-order valence-corrected chi connectivity index (χ3v) is 3.60. The van der Waals surface area contributed by atoms with Gasteiger partial charge in [0.15, 0.2) is 5.78 Å². The largest absolute Gasteiger partial charge is 0.294 e. The number of carbonyl (C=O) groups excluding carboxylic acids is 1. The standard InChI is InChI=1S/C18H16N2O/c1-12-5-6-19-15(7-12)4-3-14-10-16-17(20-11-14)8-13(2)9-18(16)21/h5-7,10-11,13H,8-9H2,1-2H3. The van der Waals surface area contributed by atoms with E-state index in [4.69, 9.17) is 0 Å². The van der Waals surface area contributed by atoms with Gasteiger partial charge in [-0.1, -0.05) is 12.8 Å². The van der Waals surface area contributed by atoms with Gasteiger partial charge in [0.05, 0.1) is 5.69 Å². The first-order chi connectivity index (χ1) is 10.1. The molecule has 2 heterocycles. The maximum atomic E-state index is 12.1. The number of hydrogen-bond donors (Lipinski definition) is 0. The van der Waals surface area contributed by atoms with Crippen molar-refractivity contribution in [1.29, 1.82) is 0 Å². The van der Waals surface area contributed by atoms with Crippen LogP contribution in [0.2, 0.25) is 0 Å². The normalized spacial score (nSPS) is 16.9. The zero-order valence-corrected chi connectivity index (χ0v) is 12.2. The molecule has 0 aromatic carbocycles. The van der Waals surface area contributed by atoms with Gasteiger partial charge in [-0.25, -0.2) is 4.98 Å². The Morgan fingerprint density at radius 2 is 2.05 bits per heavy atom. The second-order valence-corrected chi connectivity index (χ2v) is 5.62. The van der Waals surface area contributed by atoms with Crippen LogP contribution in [0.5, 0.6) is 0 Å². The maximum absolute atomic E-state index is 12.1. The highest BCUT2D eigenvalue weighted by molar-refractivity contribution is 5.98. The SMILES string of the molecule is Cc1ccnc(C#Cc2cnc3c(c2)C(=O)CC(C)C3)c1. The fourth-order valence-corrected chi connectivity index (χ4v) is 2.53. The number of nitrogens with zero attached hydrogens (tertiary/aromatic N) is 2. The summed E-state index contributed by atoms with van der Waals surface area (Å²) in [6.45, 7) is 4.09. The van der Waals surface area contributed by atoms with Crippen LogP contribution in [0.25, 0.3) is 0 Å². The lowest BCUT2D eigenvalue weighted by molar-refractivity contribution is 0.0952. The van der Waals surface area contributed by atoms with E-state index in [1.54, 1.807) is 12.4 Å². The van der Waals surface area contributed by atoms with Crippen LogP contribution >= 0.6 is 0 Å². The summed E-state index contributed by atoms with van der Waals surface area (Å²) in [5.74, 6) is 6.62. The molecule has 0 aliphatic heterocycles. The summed E-state index contributed by atoms with van der Waals surface area (Å²) in [5, 5.41) is 0. The lowest BCUT2D eigenvalue weighted by Crippen LogP contribution is -2.19. The minimum absolute atomic E-state index is 0.175. The summed E-state index contributed by atoms with van der Waals surface area (Å²) in [5.41, 5.74) is 4.25.